The van der Waals surface area contributed by atoms with Crippen LogP contribution in [0.4, 0.5) is 0 Å². The normalized spacial score (nSPS) is 12.9. The van der Waals surface area contributed by atoms with Gasteiger partial charge in [0.2, 0.25) is 0 Å². The van der Waals surface area contributed by atoms with Crippen molar-refractivity contribution in [2.75, 3.05) is 33.0 Å². The van der Waals surface area contributed by atoms with Crippen LogP contribution in [0.3, 0.4) is 0 Å². The number of ether oxygens (including phenoxy) is 3. The predicted molar refractivity (Wildman–Crippen MR) is 122 cm³/mol. The van der Waals surface area contributed by atoms with Crippen LogP contribution in [0.1, 0.15) is 112 Å². The van der Waals surface area contributed by atoms with Crippen molar-refractivity contribution in [3.05, 3.63) is 0 Å². The second-order valence-electron chi connectivity index (χ2n) is 9.68. The molecule has 0 aromatic carbocycles. The van der Waals surface area contributed by atoms with E-state index >= 15 is 0 Å². The molecule has 0 radical (unpaired) electrons. The fourth-order valence-electron chi connectivity index (χ4n) is 3.57. The van der Waals surface area contributed by atoms with Crippen molar-refractivity contribution in [2.24, 2.45) is 11.3 Å². The standard InChI is InChI=1S/C25H50O4/c1-6-7-8-9-10-11-12-13-17-27-20-21-28-18-14-15-24(26)29-19-16-23(2)22-25(3,4)5/h23H,6-22H2,1-5H3. The average molecular weight is 415 g/mol. The molecule has 0 rings (SSSR count). The van der Waals surface area contributed by atoms with Gasteiger partial charge in [0, 0.05) is 19.6 Å². The predicted octanol–water partition coefficient (Wildman–Crippen LogP) is 6.95. The number of esters is 1. The van der Waals surface area contributed by atoms with Gasteiger partial charge in [-0.1, -0.05) is 79.6 Å². The Balaban J connectivity index is 3.27. The quantitative estimate of drug-likeness (QED) is 0.160. The molecule has 0 aromatic rings. The zero-order valence-electron chi connectivity index (χ0n) is 20.2. The van der Waals surface area contributed by atoms with Gasteiger partial charge in [0.05, 0.1) is 19.8 Å². The van der Waals surface area contributed by atoms with Crippen molar-refractivity contribution in [2.45, 2.75) is 112 Å². The number of rotatable bonds is 20. The third-order valence-electron chi connectivity index (χ3n) is 5.02. The van der Waals surface area contributed by atoms with Crippen molar-refractivity contribution >= 4 is 5.97 Å². The van der Waals surface area contributed by atoms with Gasteiger partial charge in [0.15, 0.2) is 0 Å². The molecule has 0 aliphatic carbocycles. The molecule has 0 fully saturated rings. The maximum Gasteiger partial charge on any atom is 0.305 e. The van der Waals surface area contributed by atoms with Crippen LogP contribution in [0.5, 0.6) is 0 Å². The fraction of sp³-hybridized carbons (Fsp3) is 0.960. The summed E-state index contributed by atoms with van der Waals surface area (Å²) in [5.74, 6) is 0.472. The third kappa shape index (κ3) is 23.5. The van der Waals surface area contributed by atoms with Crippen molar-refractivity contribution < 1.29 is 19.0 Å². The number of hydrogen-bond donors (Lipinski definition) is 0. The van der Waals surface area contributed by atoms with Gasteiger partial charge >= 0.3 is 5.97 Å². The van der Waals surface area contributed by atoms with Crippen molar-refractivity contribution in [1.29, 1.82) is 0 Å². The molecule has 0 N–H and O–H groups in total. The molecule has 0 bridgehead atoms. The van der Waals surface area contributed by atoms with Gasteiger partial charge < -0.3 is 14.2 Å². The van der Waals surface area contributed by atoms with E-state index in [1.165, 1.54) is 44.9 Å². The summed E-state index contributed by atoms with van der Waals surface area (Å²) in [5.41, 5.74) is 0.332. The highest BCUT2D eigenvalue weighted by molar-refractivity contribution is 5.69. The maximum absolute atomic E-state index is 11.7. The van der Waals surface area contributed by atoms with Crippen LogP contribution in [-0.4, -0.2) is 39.0 Å². The third-order valence-corrected chi connectivity index (χ3v) is 5.02. The summed E-state index contributed by atoms with van der Waals surface area (Å²) in [6, 6.07) is 0. The first-order chi connectivity index (χ1) is 13.8. The first-order valence-corrected chi connectivity index (χ1v) is 12.2. The molecule has 29 heavy (non-hydrogen) atoms. The summed E-state index contributed by atoms with van der Waals surface area (Å²) in [6.45, 7) is 14.4. The second-order valence-corrected chi connectivity index (χ2v) is 9.68. The fourth-order valence-corrected chi connectivity index (χ4v) is 3.57. The van der Waals surface area contributed by atoms with Crippen LogP contribution in [-0.2, 0) is 19.0 Å². The summed E-state index contributed by atoms with van der Waals surface area (Å²) in [5, 5.41) is 0. The Kier molecular flexibility index (Phi) is 19.0. The van der Waals surface area contributed by atoms with Crippen molar-refractivity contribution in [1.82, 2.24) is 0 Å². The number of unbranched alkanes of at least 4 members (excludes halogenated alkanes) is 7. The average Bonchev–Trinajstić information content (AvgIpc) is 2.63. The van der Waals surface area contributed by atoms with Crippen LogP contribution < -0.4 is 0 Å². The van der Waals surface area contributed by atoms with E-state index in [9.17, 15) is 4.79 Å². The monoisotopic (exact) mass is 414 g/mol. The zero-order valence-corrected chi connectivity index (χ0v) is 20.2. The van der Waals surface area contributed by atoms with Gasteiger partial charge in [-0.05, 0) is 37.0 Å². The Labute approximate surface area is 181 Å². The summed E-state index contributed by atoms with van der Waals surface area (Å²) in [6.07, 6.45) is 13.8. The van der Waals surface area contributed by atoms with E-state index in [2.05, 4.69) is 34.6 Å². The van der Waals surface area contributed by atoms with Gasteiger partial charge in [-0.2, -0.15) is 0 Å². The van der Waals surface area contributed by atoms with Gasteiger partial charge in [-0.15, -0.1) is 0 Å². The lowest BCUT2D eigenvalue weighted by atomic mass is 9.84. The Morgan fingerprint density at radius 1 is 0.759 bits per heavy atom. The first kappa shape index (κ1) is 28.4. The van der Waals surface area contributed by atoms with E-state index in [1.54, 1.807) is 0 Å². The molecule has 1 unspecified atom stereocenters. The van der Waals surface area contributed by atoms with Crippen LogP contribution in [0.15, 0.2) is 0 Å². The Morgan fingerprint density at radius 2 is 1.31 bits per heavy atom. The van der Waals surface area contributed by atoms with Gasteiger partial charge in [0.1, 0.15) is 0 Å². The lowest BCUT2D eigenvalue weighted by molar-refractivity contribution is -0.144. The number of hydrogen-bond acceptors (Lipinski definition) is 4. The molecule has 0 spiro atoms. The highest BCUT2D eigenvalue weighted by Crippen LogP contribution is 2.25. The Hall–Kier alpha value is -0.610. The number of carbonyl (C=O) groups is 1. The van der Waals surface area contributed by atoms with Crippen molar-refractivity contribution in [3.63, 3.8) is 0 Å². The smallest absolute Gasteiger partial charge is 0.305 e. The molecule has 0 aliphatic heterocycles. The number of carbonyl (C=O) groups excluding carboxylic acids is 1. The minimum absolute atomic E-state index is 0.109. The topological polar surface area (TPSA) is 44.8 Å². The molecule has 0 amide bonds. The van der Waals surface area contributed by atoms with E-state index < -0.39 is 0 Å². The van der Waals surface area contributed by atoms with Crippen LogP contribution in [0.2, 0.25) is 0 Å². The summed E-state index contributed by atoms with van der Waals surface area (Å²) >= 11 is 0. The van der Waals surface area contributed by atoms with Crippen molar-refractivity contribution in [3.8, 4) is 0 Å². The molecule has 4 nitrogen and oxygen atoms in total. The van der Waals surface area contributed by atoms with Gasteiger partial charge in [-0.3, -0.25) is 4.79 Å². The Morgan fingerprint density at radius 3 is 1.90 bits per heavy atom. The molecule has 0 aliphatic rings. The highest BCUT2D eigenvalue weighted by atomic mass is 16.5. The first-order valence-electron chi connectivity index (χ1n) is 12.2. The molecule has 1 atom stereocenters. The van der Waals surface area contributed by atoms with Crippen LogP contribution in [0, 0.1) is 11.3 Å². The van der Waals surface area contributed by atoms with E-state index in [0.29, 0.717) is 50.6 Å². The molecule has 0 heterocycles. The minimum Gasteiger partial charge on any atom is -0.466 e. The van der Waals surface area contributed by atoms with Crippen LogP contribution >= 0.6 is 0 Å². The lowest BCUT2D eigenvalue weighted by Gasteiger charge is -2.22. The summed E-state index contributed by atoms with van der Waals surface area (Å²) in [4.78, 5) is 11.7. The summed E-state index contributed by atoms with van der Waals surface area (Å²) in [7, 11) is 0. The van der Waals surface area contributed by atoms with Crippen LogP contribution in [0.25, 0.3) is 0 Å². The van der Waals surface area contributed by atoms with Gasteiger partial charge in [0.25, 0.3) is 0 Å². The molecule has 4 heteroatoms. The molecule has 0 saturated carbocycles. The molecule has 174 valence electrons. The SMILES string of the molecule is CCCCCCCCCCOCCOCCCC(=O)OCCC(C)CC(C)(C)C. The molecular weight excluding hydrogens is 364 g/mol. The van der Waals surface area contributed by atoms with E-state index in [0.717, 1.165) is 25.9 Å². The zero-order chi connectivity index (χ0) is 21.8. The lowest BCUT2D eigenvalue weighted by Crippen LogP contribution is -2.14. The van der Waals surface area contributed by atoms with Gasteiger partial charge in [-0.25, -0.2) is 0 Å². The van der Waals surface area contributed by atoms with E-state index in [-0.39, 0.29) is 5.97 Å². The highest BCUT2D eigenvalue weighted by Gasteiger charge is 2.15. The summed E-state index contributed by atoms with van der Waals surface area (Å²) < 4.78 is 16.5. The maximum atomic E-state index is 11.7. The minimum atomic E-state index is -0.109. The molecule has 0 saturated heterocycles. The second kappa shape index (κ2) is 19.4. The van der Waals surface area contributed by atoms with E-state index in [1.807, 2.05) is 0 Å². The molecular formula is C25H50O4. The Bertz CT molecular complexity index is 362. The molecule has 0 aromatic heterocycles. The largest absolute Gasteiger partial charge is 0.466 e. The van der Waals surface area contributed by atoms with E-state index in [4.69, 9.17) is 14.2 Å².